The van der Waals surface area contributed by atoms with Gasteiger partial charge in [0.25, 0.3) is 0 Å². The lowest BCUT2D eigenvalue weighted by Gasteiger charge is -2.43. The highest BCUT2D eigenvalue weighted by Gasteiger charge is 2.61. The van der Waals surface area contributed by atoms with E-state index in [-0.39, 0.29) is 11.3 Å². The van der Waals surface area contributed by atoms with E-state index in [1.807, 2.05) is 0 Å². The van der Waals surface area contributed by atoms with Gasteiger partial charge >= 0.3 is 6.18 Å². The lowest BCUT2D eigenvalue weighted by molar-refractivity contribution is -0.272. The molecule has 8 heteroatoms. The van der Waals surface area contributed by atoms with Crippen molar-refractivity contribution in [2.45, 2.75) is 50.3 Å². The predicted molar refractivity (Wildman–Crippen MR) is 122 cm³/mol. The summed E-state index contributed by atoms with van der Waals surface area (Å²) < 4.78 is 58.6. The summed E-state index contributed by atoms with van der Waals surface area (Å²) in [6, 6.07) is 15.3. The molecule has 4 aromatic rings. The fourth-order valence-corrected chi connectivity index (χ4v) is 4.87. The van der Waals surface area contributed by atoms with Crippen LogP contribution in [0.1, 0.15) is 48.6 Å². The Morgan fingerprint density at radius 3 is 2.35 bits per heavy atom. The molecule has 0 saturated carbocycles. The Balaban J connectivity index is 1.91. The van der Waals surface area contributed by atoms with Crippen molar-refractivity contribution in [2.24, 2.45) is 0 Å². The molecule has 2 aromatic heterocycles. The lowest BCUT2D eigenvalue weighted by atomic mass is 9.67. The molecule has 0 amide bonds. The van der Waals surface area contributed by atoms with Crippen LogP contribution in [0.2, 0.25) is 0 Å². The van der Waals surface area contributed by atoms with Gasteiger partial charge in [-0.15, -0.1) is 5.10 Å². The summed E-state index contributed by atoms with van der Waals surface area (Å²) in [5, 5.41) is 19.9. The first-order valence-electron chi connectivity index (χ1n) is 10.8. The van der Waals surface area contributed by atoms with Crippen molar-refractivity contribution in [3.8, 4) is 0 Å². The summed E-state index contributed by atoms with van der Waals surface area (Å²) in [7, 11) is 0. The molecular weight excluding hydrogens is 446 g/mol. The van der Waals surface area contributed by atoms with E-state index in [4.69, 9.17) is 0 Å². The van der Waals surface area contributed by atoms with E-state index in [2.05, 4.69) is 15.2 Å². The smallest absolute Gasteiger partial charge is 0.380 e. The average Bonchev–Trinajstić information content (AvgIpc) is 3.18. The van der Waals surface area contributed by atoms with E-state index in [1.165, 1.54) is 24.4 Å². The molecule has 0 aliphatic rings. The zero-order chi connectivity index (χ0) is 24.7. The number of aromatic nitrogens is 3. The normalized spacial score (nSPS) is 15.3. The van der Waals surface area contributed by atoms with E-state index in [0.29, 0.717) is 22.2 Å². The van der Waals surface area contributed by atoms with Gasteiger partial charge in [0.05, 0.1) is 12.1 Å². The van der Waals surface area contributed by atoms with E-state index in [0.717, 1.165) is 0 Å². The molecule has 2 atom stereocenters. The first kappa shape index (κ1) is 23.9. The van der Waals surface area contributed by atoms with Crippen LogP contribution in [0.15, 0.2) is 66.9 Å². The SMILES string of the molecule is Cc1ccc(F)cc1C(C)(C)CC(O)(C(c1ccccc1)c1cc2ccnnc2[nH]1)C(F)(F)F. The summed E-state index contributed by atoms with van der Waals surface area (Å²) in [5.74, 6) is -2.03. The molecular formula is C26H25F4N3O. The summed E-state index contributed by atoms with van der Waals surface area (Å²) in [5.41, 5.74) is -2.58. The lowest BCUT2D eigenvalue weighted by Crippen LogP contribution is -2.54. The molecule has 2 unspecified atom stereocenters. The number of H-pyrrole nitrogens is 1. The van der Waals surface area contributed by atoms with Crippen molar-refractivity contribution in [1.29, 1.82) is 0 Å². The third kappa shape index (κ3) is 4.30. The average molecular weight is 471 g/mol. The van der Waals surface area contributed by atoms with Crippen LogP contribution in [0.5, 0.6) is 0 Å². The summed E-state index contributed by atoms with van der Waals surface area (Å²) >= 11 is 0. The molecule has 0 aliphatic carbocycles. The summed E-state index contributed by atoms with van der Waals surface area (Å²) in [6.45, 7) is 4.89. The number of fused-ring (bicyclic) bond motifs is 1. The van der Waals surface area contributed by atoms with E-state index in [9.17, 15) is 22.7 Å². The van der Waals surface area contributed by atoms with Crippen molar-refractivity contribution in [1.82, 2.24) is 15.2 Å². The molecule has 178 valence electrons. The van der Waals surface area contributed by atoms with Crippen LogP contribution in [0, 0.1) is 12.7 Å². The number of hydrogen-bond acceptors (Lipinski definition) is 3. The second-order valence-corrected chi connectivity index (χ2v) is 9.35. The van der Waals surface area contributed by atoms with E-state index in [1.54, 1.807) is 63.2 Å². The number of aryl methyl sites for hydroxylation is 1. The first-order chi connectivity index (χ1) is 15.9. The largest absolute Gasteiger partial charge is 0.418 e. The van der Waals surface area contributed by atoms with Crippen molar-refractivity contribution in [3.63, 3.8) is 0 Å². The van der Waals surface area contributed by atoms with Crippen molar-refractivity contribution in [3.05, 3.63) is 95.1 Å². The minimum absolute atomic E-state index is 0.160. The topological polar surface area (TPSA) is 61.8 Å². The van der Waals surface area contributed by atoms with Crippen LogP contribution in [-0.2, 0) is 5.41 Å². The molecule has 4 nitrogen and oxygen atoms in total. The summed E-state index contributed by atoms with van der Waals surface area (Å²) in [4.78, 5) is 2.92. The molecule has 2 aromatic carbocycles. The van der Waals surface area contributed by atoms with Crippen LogP contribution >= 0.6 is 0 Å². The van der Waals surface area contributed by atoms with Gasteiger partial charge in [-0.1, -0.05) is 50.2 Å². The molecule has 0 fully saturated rings. The predicted octanol–water partition coefficient (Wildman–Crippen LogP) is 6.20. The Morgan fingerprint density at radius 1 is 1.00 bits per heavy atom. The van der Waals surface area contributed by atoms with Crippen LogP contribution < -0.4 is 0 Å². The Hall–Kier alpha value is -3.26. The number of nitrogens with one attached hydrogen (secondary N) is 1. The quantitative estimate of drug-likeness (QED) is 0.329. The Morgan fingerprint density at radius 2 is 1.71 bits per heavy atom. The van der Waals surface area contributed by atoms with Crippen LogP contribution in [0.25, 0.3) is 11.0 Å². The summed E-state index contributed by atoms with van der Waals surface area (Å²) in [6.07, 6.45) is -4.26. The van der Waals surface area contributed by atoms with Gasteiger partial charge in [-0.3, -0.25) is 0 Å². The molecule has 0 bridgehead atoms. The number of rotatable bonds is 6. The number of halogens is 4. The molecule has 2 heterocycles. The van der Waals surface area contributed by atoms with Gasteiger partial charge in [-0.2, -0.15) is 18.3 Å². The fourth-order valence-electron chi connectivity index (χ4n) is 4.87. The fraction of sp³-hybridized carbons (Fsp3) is 0.308. The van der Waals surface area contributed by atoms with Gasteiger partial charge in [-0.25, -0.2) is 4.39 Å². The molecule has 0 radical (unpaired) electrons. The minimum atomic E-state index is -5.00. The maximum absolute atomic E-state index is 14.8. The highest BCUT2D eigenvalue weighted by Crippen LogP contribution is 2.51. The monoisotopic (exact) mass is 471 g/mol. The third-order valence-corrected chi connectivity index (χ3v) is 6.38. The Kier molecular flexibility index (Phi) is 5.97. The zero-order valence-electron chi connectivity index (χ0n) is 19.0. The van der Waals surface area contributed by atoms with E-state index < -0.39 is 35.3 Å². The maximum Gasteiger partial charge on any atom is 0.418 e. The van der Waals surface area contributed by atoms with Crippen LogP contribution in [0.4, 0.5) is 17.6 Å². The molecule has 4 rings (SSSR count). The Bertz CT molecular complexity index is 1270. The standard InChI is InChI=1S/C26H25F4N3O/c1-16-9-10-19(27)14-20(16)24(2,3)15-25(34,26(28,29)30)22(17-7-5-4-6-8-17)21-13-18-11-12-31-33-23(18)32-21/h4-14,22,34H,15H2,1-3H3,(H,32,33). The molecule has 0 spiro atoms. The van der Waals surface area contributed by atoms with Crippen molar-refractivity contribution in [2.75, 3.05) is 0 Å². The van der Waals surface area contributed by atoms with Gasteiger partial charge < -0.3 is 10.1 Å². The van der Waals surface area contributed by atoms with Gasteiger partial charge in [0.1, 0.15) is 5.82 Å². The first-order valence-corrected chi connectivity index (χ1v) is 10.8. The number of benzene rings is 2. The van der Waals surface area contributed by atoms with Gasteiger partial charge in [0.15, 0.2) is 11.2 Å². The van der Waals surface area contributed by atoms with Gasteiger partial charge in [0, 0.05) is 11.1 Å². The van der Waals surface area contributed by atoms with E-state index >= 15 is 0 Å². The highest BCUT2D eigenvalue weighted by molar-refractivity contribution is 5.76. The molecule has 0 saturated heterocycles. The minimum Gasteiger partial charge on any atom is -0.380 e. The van der Waals surface area contributed by atoms with Crippen molar-refractivity contribution >= 4 is 11.0 Å². The molecule has 34 heavy (non-hydrogen) atoms. The maximum atomic E-state index is 14.8. The number of aromatic amines is 1. The second kappa shape index (κ2) is 8.51. The third-order valence-electron chi connectivity index (χ3n) is 6.38. The Labute approximate surface area is 194 Å². The van der Waals surface area contributed by atoms with Gasteiger partial charge in [-0.05, 0) is 59.7 Å². The number of alkyl halides is 3. The molecule has 0 aliphatic heterocycles. The second-order valence-electron chi connectivity index (χ2n) is 9.35. The van der Waals surface area contributed by atoms with Crippen LogP contribution in [-0.4, -0.2) is 32.1 Å². The number of nitrogens with zero attached hydrogens (tertiary/aromatic N) is 2. The van der Waals surface area contributed by atoms with Crippen molar-refractivity contribution < 1.29 is 22.7 Å². The van der Waals surface area contributed by atoms with Gasteiger partial charge in [0.2, 0.25) is 0 Å². The number of hydrogen-bond donors (Lipinski definition) is 2. The number of aliphatic hydroxyl groups is 1. The molecule has 2 N–H and O–H groups in total. The highest BCUT2D eigenvalue weighted by atomic mass is 19.4. The zero-order valence-corrected chi connectivity index (χ0v) is 19.0. The van der Waals surface area contributed by atoms with Crippen LogP contribution in [0.3, 0.4) is 0 Å².